The summed E-state index contributed by atoms with van der Waals surface area (Å²) < 4.78 is 0. The molecule has 0 amide bonds. The van der Waals surface area contributed by atoms with Crippen molar-refractivity contribution < 1.29 is 0 Å². The highest BCUT2D eigenvalue weighted by Gasteiger charge is 2.27. The largest absolute Gasteiger partial charge is 0.366 e. The molecule has 16 heavy (non-hydrogen) atoms. The van der Waals surface area contributed by atoms with Crippen LogP contribution in [0.4, 0.5) is 0 Å². The van der Waals surface area contributed by atoms with Crippen LogP contribution in [0.2, 0.25) is 5.02 Å². The van der Waals surface area contributed by atoms with Gasteiger partial charge in [0.1, 0.15) is 5.37 Å². The molecule has 1 aromatic rings. The number of halogens is 1. The first-order valence-electron chi connectivity index (χ1n) is 5.08. The van der Waals surface area contributed by atoms with Gasteiger partial charge in [0.05, 0.1) is 0 Å². The summed E-state index contributed by atoms with van der Waals surface area (Å²) in [4.78, 5) is 2.21. The van der Waals surface area contributed by atoms with Crippen LogP contribution < -0.4 is 5.32 Å². The first kappa shape index (κ1) is 12.0. The van der Waals surface area contributed by atoms with Crippen molar-refractivity contribution in [1.82, 2.24) is 10.2 Å². The van der Waals surface area contributed by atoms with Gasteiger partial charge in [0, 0.05) is 24.4 Å². The van der Waals surface area contributed by atoms with Gasteiger partial charge >= 0.3 is 0 Å². The molecule has 1 aliphatic heterocycles. The second-order valence-corrected chi connectivity index (χ2v) is 5.53. The molecule has 2 nitrogen and oxygen atoms in total. The number of hydrogen-bond acceptors (Lipinski definition) is 2. The van der Waals surface area contributed by atoms with Crippen LogP contribution in [0.25, 0.3) is 0 Å². The summed E-state index contributed by atoms with van der Waals surface area (Å²) in [5, 5.41) is 4.94. The van der Waals surface area contributed by atoms with Gasteiger partial charge in [0.15, 0.2) is 5.11 Å². The quantitative estimate of drug-likeness (QED) is 0.791. The van der Waals surface area contributed by atoms with Gasteiger partial charge in [0.2, 0.25) is 0 Å². The highest BCUT2D eigenvalue weighted by atomic mass is 35.5. The maximum absolute atomic E-state index is 5.89. The van der Waals surface area contributed by atoms with Gasteiger partial charge in [-0.25, -0.2) is 0 Å². The van der Waals surface area contributed by atoms with Gasteiger partial charge in [0.25, 0.3) is 0 Å². The fraction of sp³-hybridized carbons (Fsp3) is 0.364. The Morgan fingerprint density at radius 3 is 2.81 bits per heavy atom. The van der Waals surface area contributed by atoms with E-state index in [0.717, 1.165) is 22.4 Å². The van der Waals surface area contributed by atoms with Crippen molar-refractivity contribution in [2.75, 3.05) is 19.3 Å². The third-order valence-electron chi connectivity index (χ3n) is 2.52. The lowest BCUT2D eigenvalue weighted by molar-refractivity contribution is 0.446. The standard InChI is InChI=1S/C11H13ClN2S2/c1-13-11(15)14-6-7-16-10(14)8-2-4-9(12)5-3-8/h2-5,10H,6-7H2,1H3,(H,13,15)/t10-/m1/s1. The van der Waals surface area contributed by atoms with Crippen LogP contribution in [-0.2, 0) is 0 Å². The maximum Gasteiger partial charge on any atom is 0.169 e. The minimum Gasteiger partial charge on any atom is -0.366 e. The minimum absolute atomic E-state index is 0.317. The summed E-state index contributed by atoms with van der Waals surface area (Å²) in [5.74, 6) is 1.11. The molecule has 0 spiro atoms. The molecule has 2 rings (SSSR count). The van der Waals surface area contributed by atoms with Crippen LogP contribution in [0.3, 0.4) is 0 Å². The lowest BCUT2D eigenvalue weighted by atomic mass is 10.2. The SMILES string of the molecule is CNC(=S)N1CCS[C@@H]1c1ccc(Cl)cc1. The zero-order valence-electron chi connectivity index (χ0n) is 8.94. The second kappa shape index (κ2) is 5.25. The fourth-order valence-corrected chi connectivity index (χ4v) is 3.38. The average molecular weight is 273 g/mol. The van der Waals surface area contributed by atoms with Crippen LogP contribution in [0.1, 0.15) is 10.9 Å². The predicted molar refractivity (Wildman–Crippen MR) is 75.0 cm³/mol. The summed E-state index contributed by atoms with van der Waals surface area (Å²) in [6, 6.07) is 7.99. The topological polar surface area (TPSA) is 15.3 Å². The first-order valence-corrected chi connectivity index (χ1v) is 6.91. The Hall–Kier alpha value is -0.450. The van der Waals surface area contributed by atoms with Gasteiger partial charge in [-0.2, -0.15) is 0 Å². The van der Waals surface area contributed by atoms with Crippen molar-refractivity contribution in [1.29, 1.82) is 0 Å². The van der Waals surface area contributed by atoms with Crippen LogP contribution in [-0.4, -0.2) is 29.4 Å². The Morgan fingerprint density at radius 2 is 2.19 bits per heavy atom. The highest BCUT2D eigenvalue weighted by Crippen LogP contribution is 2.38. The molecule has 1 fully saturated rings. The van der Waals surface area contributed by atoms with Gasteiger partial charge in [-0.1, -0.05) is 23.7 Å². The number of nitrogens with one attached hydrogen (secondary N) is 1. The van der Waals surface area contributed by atoms with Crippen molar-refractivity contribution >= 4 is 40.7 Å². The lowest BCUT2D eigenvalue weighted by Gasteiger charge is -2.26. The van der Waals surface area contributed by atoms with Gasteiger partial charge in [-0.15, -0.1) is 11.8 Å². The van der Waals surface area contributed by atoms with E-state index in [1.165, 1.54) is 5.56 Å². The normalized spacial score (nSPS) is 19.9. The predicted octanol–water partition coefficient (Wildman–Crippen LogP) is 2.89. The summed E-state index contributed by atoms with van der Waals surface area (Å²) in [7, 11) is 1.87. The molecule has 0 bridgehead atoms. The molecular weight excluding hydrogens is 260 g/mol. The Morgan fingerprint density at radius 1 is 1.50 bits per heavy atom. The molecule has 0 aromatic heterocycles. The highest BCUT2D eigenvalue weighted by molar-refractivity contribution is 7.99. The summed E-state index contributed by atoms with van der Waals surface area (Å²) >= 11 is 13.1. The van der Waals surface area contributed by atoms with E-state index in [0.29, 0.717) is 5.37 Å². The number of rotatable bonds is 1. The summed E-state index contributed by atoms with van der Waals surface area (Å²) in [5.41, 5.74) is 1.25. The van der Waals surface area contributed by atoms with E-state index >= 15 is 0 Å². The monoisotopic (exact) mass is 272 g/mol. The molecule has 0 aliphatic carbocycles. The van der Waals surface area contributed by atoms with E-state index in [4.69, 9.17) is 23.8 Å². The molecule has 1 saturated heterocycles. The van der Waals surface area contributed by atoms with Gasteiger partial charge < -0.3 is 10.2 Å². The Kier molecular flexibility index (Phi) is 3.95. The van der Waals surface area contributed by atoms with E-state index in [-0.39, 0.29) is 0 Å². The van der Waals surface area contributed by atoms with E-state index < -0.39 is 0 Å². The van der Waals surface area contributed by atoms with E-state index in [2.05, 4.69) is 22.3 Å². The van der Waals surface area contributed by atoms with Crippen LogP contribution in [0.15, 0.2) is 24.3 Å². The van der Waals surface area contributed by atoms with E-state index in [1.54, 1.807) is 0 Å². The first-order chi connectivity index (χ1) is 7.72. The van der Waals surface area contributed by atoms with Crippen molar-refractivity contribution in [2.24, 2.45) is 0 Å². The zero-order valence-corrected chi connectivity index (χ0v) is 11.3. The third kappa shape index (κ3) is 2.44. The molecule has 1 atom stereocenters. The molecule has 0 saturated carbocycles. The number of thioether (sulfide) groups is 1. The minimum atomic E-state index is 0.317. The number of benzene rings is 1. The molecule has 1 N–H and O–H groups in total. The third-order valence-corrected chi connectivity index (χ3v) is 4.47. The second-order valence-electron chi connectivity index (χ2n) is 3.52. The number of thiocarbonyl (C=S) groups is 1. The lowest BCUT2D eigenvalue weighted by Crippen LogP contribution is -2.37. The smallest absolute Gasteiger partial charge is 0.169 e. The Bertz CT molecular complexity index is 380. The maximum atomic E-state index is 5.89. The molecule has 1 heterocycles. The average Bonchev–Trinajstić information content (AvgIpc) is 2.78. The van der Waals surface area contributed by atoms with Crippen LogP contribution >= 0.6 is 35.6 Å². The molecule has 1 aliphatic rings. The Labute approximate surface area is 110 Å². The number of hydrogen-bond donors (Lipinski definition) is 1. The fourth-order valence-electron chi connectivity index (χ4n) is 1.73. The van der Waals surface area contributed by atoms with Crippen molar-refractivity contribution in [3.05, 3.63) is 34.9 Å². The molecule has 5 heteroatoms. The van der Waals surface area contributed by atoms with E-state index in [9.17, 15) is 0 Å². The molecular formula is C11H13ClN2S2. The van der Waals surface area contributed by atoms with Crippen molar-refractivity contribution in [2.45, 2.75) is 5.37 Å². The molecule has 0 unspecified atom stereocenters. The van der Waals surface area contributed by atoms with Crippen molar-refractivity contribution in [3.8, 4) is 0 Å². The van der Waals surface area contributed by atoms with Crippen LogP contribution in [0.5, 0.6) is 0 Å². The van der Waals surface area contributed by atoms with Crippen LogP contribution in [0, 0.1) is 0 Å². The zero-order chi connectivity index (χ0) is 11.5. The number of nitrogens with zero attached hydrogens (tertiary/aromatic N) is 1. The van der Waals surface area contributed by atoms with E-state index in [1.807, 2.05) is 30.9 Å². The summed E-state index contributed by atoms with van der Waals surface area (Å²) in [6.45, 7) is 0.998. The molecule has 1 aromatic carbocycles. The van der Waals surface area contributed by atoms with Crippen molar-refractivity contribution in [3.63, 3.8) is 0 Å². The van der Waals surface area contributed by atoms with Gasteiger partial charge in [-0.3, -0.25) is 0 Å². The molecule has 0 radical (unpaired) electrons. The molecule has 86 valence electrons. The van der Waals surface area contributed by atoms with Gasteiger partial charge in [-0.05, 0) is 29.9 Å². The summed E-state index contributed by atoms with van der Waals surface area (Å²) in [6.07, 6.45) is 0. The Balaban J connectivity index is 2.19.